The van der Waals surface area contributed by atoms with Crippen molar-refractivity contribution in [2.75, 3.05) is 12.4 Å². The number of hydrogen-bond acceptors (Lipinski definition) is 3. The minimum absolute atomic E-state index is 0.0219. The third kappa shape index (κ3) is 4.21. The van der Waals surface area contributed by atoms with Crippen LogP contribution in [0.15, 0.2) is 24.3 Å². The highest BCUT2D eigenvalue weighted by atomic mass is 16.4. The van der Waals surface area contributed by atoms with E-state index in [9.17, 15) is 14.4 Å². The number of anilines is 1. The Bertz CT molecular complexity index is 592. The zero-order valence-corrected chi connectivity index (χ0v) is 13.0. The highest BCUT2D eigenvalue weighted by Gasteiger charge is 2.29. The van der Waals surface area contributed by atoms with E-state index in [0.717, 1.165) is 0 Å². The molecule has 0 bridgehead atoms. The van der Waals surface area contributed by atoms with Crippen molar-refractivity contribution in [3.63, 3.8) is 0 Å². The fourth-order valence-electron chi connectivity index (χ4n) is 2.84. The Morgan fingerprint density at radius 1 is 1.13 bits per heavy atom. The van der Waals surface area contributed by atoms with Gasteiger partial charge < -0.3 is 21.1 Å². The summed E-state index contributed by atoms with van der Waals surface area (Å²) in [5.74, 6) is -0.707. The highest BCUT2D eigenvalue weighted by Crippen LogP contribution is 2.28. The SMILES string of the molecule is CN(C(=O)O)C1CCC(C(=O)Nc2ccc(C(N)=O)cc2)CC1. The normalized spacial score (nSPS) is 20.6. The molecule has 1 saturated carbocycles. The van der Waals surface area contributed by atoms with Gasteiger partial charge >= 0.3 is 6.09 Å². The number of carbonyl (C=O) groups excluding carboxylic acids is 2. The monoisotopic (exact) mass is 319 g/mol. The van der Waals surface area contributed by atoms with E-state index in [1.807, 2.05) is 0 Å². The Kier molecular flexibility index (Phi) is 5.20. The largest absolute Gasteiger partial charge is 0.465 e. The summed E-state index contributed by atoms with van der Waals surface area (Å²) in [7, 11) is 1.56. The summed E-state index contributed by atoms with van der Waals surface area (Å²) >= 11 is 0. The summed E-state index contributed by atoms with van der Waals surface area (Å²) in [6.45, 7) is 0. The van der Waals surface area contributed by atoms with E-state index in [-0.39, 0.29) is 17.9 Å². The third-order valence-electron chi connectivity index (χ3n) is 4.35. The minimum Gasteiger partial charge on any atom is -0.465 e. The molecular formula is C16H21N3O4. The van der Waals surface area contributed by atoms with Crippen molar-refractivity contribution in [3.05, 3.63) is 29.8 Å². The van der Waals surface area contributed by atoms with Crippen LogP contribution in [0.1, 0.15) is 36.0 Å². The molecule has 1 aliphatic carbocycles. The summed E-state index contributed by atoms with van der Waals surface area (Å²) in [6, 6.07) is 6.39. The molecule has 23 heavy (non-hydrogen) atoms. The molecule has 7 nitrogen and oxygen atoms in total. The Morgan fingerprint density at radius 2 is 1.70 bits per heavy atom. The molecule has 0 atom stereocenters. The Balaban J connectivity index is 1.87. The lowest BCUT2D eigenvalue weighted by Crippen LogP contribution is -2.40. The molecule has 1 aromatic carbocycles. The van der Waals surface area contributed by atoms with E-state index in [2.05, 4.69) is 5.32 Å². The fraction of sp³-hybridized carbons (Fsp3) is 0.438. The van der Waals surface area contributed by atoms with Crippen LogP contribution in [0.25, 0.3) is 0 Å². The topological polar surface area (TPSA) is 113 Å². The lowest BCUT2D eigenvalue weighted by atomic mass is 9.85. The van der Waals surface area contributed by atoms with Gasteiger partial charge in [-0.05, 0) is 49.9 Å². The maximum absolute atomic E-state index is 12.3. The first-order chi connectivity index (χ1) is 10.9. The number of nitrogens with one attached hydrogen (secondary N) is 1. The number of carbonyl (C=O) groups is 3. The lowest BCUT2D eigenvalue weighted by molar-refractivity contribution is -0.121. The number of carboxylic acid groups (broad SMARTS) is 1. The van der Waals surface area contributed by atoms with Crippen LogP contribution in [0.4, 0.5) is 10.5 Å². The maximum atomic E-state index is 12.3. The van der Waals surface area contributed by atoms with Crippen LogP contribution in [0, 0.1) is 5.92 Å². The number of benzene rings is 1. The van der Waals surface area contributed by atoms with Gasteiger partial charge in [0.05, 0.1) is 0 Å². The smallest absolute Gasteiger partial charge is 0.407 e. The molecule has 0 radical (unpaired) electrons. The molecule has 7 heteroatoms. The summed E-state index contributed by atoms with van der Waals surface area (Å²) in [6.07, 6.45) is 1.75. The van der Waals surface area contributed by atoms with Gasteiger partial charge in [-0.2, -0.15) is 0 Å². The first-order valence-corrected chi connectivity index (χ1v) is 7.55. The second-order valence-electron chi connectivity index (χ2n) is 5.83. The van der Waals surface area contributed by atoms with E-state index in [0.29, 0.717) is 36.9 Å². The predicted molar refractivity (Wildman–Crippen MR) is 85.1 cm³/mol. The molecule has 0 saturated heterocycles. The molecule has 2 rings (SSSR count). The van der Waals surface area contributed by atoms with Crippen molar-refractivity contribution in [3.8, 4) is 0 Å². The van der Waals surface area contributed by atoms with E-state index >= 15 is 0 Å². The molecule has 4 N–H and O–H groups in total. The number of nitrogens with zero attached hydrogens (tertiary/aromatic N) is 1. The lowest BCUT2D eigenvalue weighted by Gasteiger charge is -2.32. The van der Waals surface area contributed by atoms with Crippen LogP contribution >= 0.6 is 0 Å². The molecule has 3 amide bonds. The van der Waals surface area contributed by atoms with E-state index in [1.54, 1.807) is 31.3 Å². The summed E-state index contributed by atoms with van der Waals surface area (Å²) < 4.78 is 0. The van der Waals surface area contributed by atoms with Crippen molar-refractivity contribution in [2.45, 2.75) is 31.7 Å². The van der Waals surface area contributed by atoms with Crippen molar-refractivity contribution < 1.29 is 19.5 Å². The van der Waals surface area contributed by atoms with Crippen LogP contribution in [0.5, 0.6) is 0 Å². The number of hydrogen-bond donors (Lipinski definition) is 3. The van der Waals surface area contributed by atoms with Crippen molar-refractivity contribution >= 4 is 23.6 Å². The van der Waals surface area contributed by atoms with Gasteiger partial charge in [0.1, 0.15) is 0 Å². The number of nitrogens with two attached hydrogens (primary N) is 1. The van der Waals surface area contributed by atoms with Gasteiger partial charge in [-0.1, -0.05) is 0 Å². The van der Waals surface area contributed by atoms with Gasteiger partial charge in [0.2, 0.25) is 11.8 Å². The zero-order chi connectivity index (χ0) is 17.0. The fourth-order valence-corrected chi connectivity index (χ4v) is 2.84. The summed E-state index contributed by atoms with van der Waals surface area (Å²) in [5.41, 5.74) is 6.17. The Morgan fingerprint density at radius 3 is 2.17 bits per heavy atom. The van der Waals surface area contributed by atoms with Gasteiger partial charge in [-0.15, -0.1) is 0 Å². The van der Waals surface area contributed by atoms with Crippen LogP contribution < -0.4 is 11.1 Å². The standard InChI is InChI=1S/C16H21N3O4/c1-19(16(22)23)13-8-4-11(5-9-13)15(21)18-12-6-2-10(3-7-12)14(17)20/h2-3,6-7,11,13H,4-5,8-9H2,1H3,(H2,17,20)(H,18,21)(H,22,23). The first-order valence-electron chi connectivity index (χ1n) is 7.55. The molecule has 1 aliphatic rings. The third-order valence-corrected chi connectivity index (χ3v) is 4.35. The quantitative estimate of drug-likeness (QED) is 0.786. The molecule has 0 spiro atoms. The van der Waals surface area contributed by atoms with E-state index in [4.69, 9.17) is 10.8 Å². The second-order valence-corrected chi connectivity index (χ2v) is 5.83. The summed E-state index contributed by atoms with van der Waals surface area (Å²) in [5, 5.41) is 11.8. The average molecular weight is 319 g/mol. The number of amides is 3. The van der Waals surface area contributed by atoms with Gasteiger partial charge in [-0.3, -0.25) is 9.59 Å². The van der Waals surface area contributed by atoms with Crippen LogP contribution in [0.2, 0.25) is 0 Å². The van der Waals surface area contributed by atoms with Gasteiger partial charge in [0, 0.05) is 30.3 Å². The van der Waals surface area contributed by atoms with Gasteiger partial charge in [-0.25, -0.2) is 4.79 Å². The molecule has 124 valence electrons. The van der Waals surface area contributed by atoms with Gasteiger partial charge in [0.15, 0.2) is 0 Å². The Hall–Kier alpha value is -2.57. The van der Waals surface area contributed by atoms with Crippen molar-refractivity contribution in [2.24, 2.45) is 11.7 Å². The van der Waals surface area contributed by atoms with E-state index < -0.39 is 12.0 Å². The van der Waals surface area contributed by atoms with Crippen molar-refractivity contribution in [1.82, 2.24) is 4.90 Å². The maximum Gasteiger partial charge on any atom is 0.407 e. The number of primary amides is 1. The molecule has 1 aromatic rings. The van der Waals surface area contributed by atoms with Crippen molar-refractivity contribution in [1.29, 1.82) is 0 Å². The number of rotatable bonds is 4. The molecule has 0 aliphatic heterocycles. The first kappa shape index (κ1) is 16.8. The second kappa shape index (κ2) is 7.13. The highest BCUT2D eigenvalue weighted by molar-refractivity contribution is 5.95. The molecule has 0 unspecified atom stereocenters. The van der Waals surface area contributed by atoms with Crippen LogP contribution in [-0.4, -0.2) is 41.0 Å². The molecular weight excluding hydrogens is 298 g/mol. The average Bonchev–Trinajstić information content (AvgIpc) is 2.54. The minimum atomic E-state index is -0.938. The molecule has 0 aromatic heterocycles. The van der Waals surface area contributed by atoms with E-state index in [1.165, 1.54) is 4.90 Å². The van der Waals surface area contributed by atoms with Gasteiger partial charge in [0.25, 0.3) is 0 Å². The molecule has 1 fully saturated rings. The predicted octanol–water partition coefficient (Wildman–Crippen LogP) is 1.89. The zero-order valence-electron chi connectivity index (χ0n) is 13.0. The summed E-state index contributed by atoms with van der Waals surface area (Å²) in [4.78, 5) is 35.5. The molecule has 0 heterocycles. The van der Waals surface area contributed by atoms with Crippen LogP contribution in [0.3, 0.4) is 0 Å². The Labute approximate surface area is 134 Å². The van der Waals surface area contributed by atoms with Crippen LogP contribution in [-0.2, 0) is 4.79 Å².